The summed E-state index contributed by atoms with van der Waals surface area (Å²) < 4.78 is 13.7. The lowest BCUT2D eigenvalue weighted by Crippen LogP contribution is -2.00. The van der Waals surface area contributed by atoms with Crippen LogP contribution in [0.3, 0.4) is 0 Å². The van der Waals surface area contributed by atoms with E-state index >= 15 is 0 Å². The van der Waals surface area contributed by atoms with Crippen LogP contribution < -0.4 is 0 Å². The van der Waals surface area contributed by atoms with Gasteiger partial charge in [-0.1, -0.05) is 47.5 Å². The van der Waals surface area contributed by atoms with Gasteiger partial charge in [0, 0.05) is 5.56 Å². The van der Waals surface area contributed by atoms with E-state index in [-0.39, 0.29) is 11.2 Å². The number of hydrogen-bond acceptors (Lipinski definition) is 0. The second kappa shape index (κ2) is 5.53. The molecule has 2 aromatic rings. The van der Waals surface area contributed by atoms with E-state index in [4.69, 9.17) is 11.6 Å². The van der Waals surface area contributed by atoms with Crippen molar-refractivity contribution in [1.29, 1.82) is 0 Å². The SMILES string of the molecule is Cc1cccc(CC(Cl)c2cc(C)ccc2F)c1. The third kappa shape index (κ3) is 3.11. The van der Waals surface area contributed by atoms with Gasteiger partial charge in [0.1, 0.15) is 5.82 Å². The topological polar surface area (TPSA) is 0 Å². The molecular formula is C16H16ClF. The predicted molar refractivity (Wildman–Crippen MR) is 74.6 cm³/mol. The van der Waals surface area contributed by atoms with Gasteiger partial charge in [-0.15, -0.1) is 11.6 Å². The van der Waals surface area contributed by atoms with Crippen LogP contribution >= 0.6 is 11.6 Å². The highest BCUT2D eigenvalue weighted by molar-refractivity contribution is 6.20. The molecule has 0 aromatic heterocycles. The first-order valence-corrected chi connectivity index (χ1v) is 6.45. The molecule has 0 N–H and O–H groups in total. The van der Waals surface area contributed by atoms with Crippen LogP contribution in [0.1, 0.15) is 27.6 Å². The number of hydrogen-bond donors (Lipinski definition) is 0. The molecule has 0 spiro atoms. The van der Waals surface area contributed by atoms with Crippen molar-refractivity contribution in [1.82, 2.24) is 0 Å². The molecule has 0 aliphatic heterocycles. The molecule has 94 valence electrons. The zero-order chi connectivity index (χ0) is 13.1. The normalized spacial score (nSPS) is 12.4. The fourth-order valence-electron chi connectivity index (χ4n) is 2.06. The van der Waals surface area contributed by atoms with E-state index in [0.717, 1.165) is 11.1 Å². The second-order valence-electron chi connectivity index (χ2n) is 4.69. The van der Waals surface area contributed by atoms with Gasteiger partial charge in [-0.2, -0.15) is 0 Å². The monoisotopic (exact) mass is 262 g/mol. The van der Waals surface area contributed by atoms with Crippen LogP contribution in [-0.2, 0) is 6.42 Å². The number of aryl methyl sites for hydroxylation is 2. The van der Waals surface area contributed by atoms with Gasteiger partial charge in [0.05, 0.1) is 5.38 Å². The van der Waals surface area contributed by atoms with Gasteiger partial charge in [-0.05, 0) is 31.9 Å². The van der Waals surface area contributed by atoms with Gasteiger partial charge >= 0.3 is 0 Å². The molecule has 1 atom stereocenters. The summed E-state index contributed by atoms with van der Waals surface area (Å²) in [7, 11) is 0. The fourth-order valence-corrected chi connectivity index (χ4v) is 2.40. The molecule has 0 saturated heterocycles. The van der Waals surface area contributed by atoms with Gasteiger partial charge in [-0.25, -0.2) is 4.39 Å². The van der Waals surface area contributed by atoms with E-state index < -0.39 is 0 Å². The van der Waals surface area contributed by atoms with E-state index in [1.807, 2.05) is 38.1 Å². The zero-order valence-electron chi connectivity index (χ0n) is 10.6. The Morgan fingerprint density at radius 3 is 2.50 bits per heavy atom. The third-order valence-electron chi connectivity index (χ3n) is 2.99. The highest BCUT2D eigenvalue weighted by atomic mass is 35.5. The Morgan fingerprint density at radius 2 is 1.78 bits per heavy atom. The van der Waals surface area contributed by atoms with Gasteiger partial charge < -0.3 is 0 Å². The maximum Gasteiger partial charge on any atom is 0.127 e. The third-order valence-corrected chi connectivity index (χ3v) is 3.38. The fraction of sp³-hybridized carbons (Fsp3) is 0.250. The molecule has 18 heavy (non-hydrogen) atoms. The second-order valence-corrected chi connectivity index (χ2v) is 5.21. The molecule has 0 heterocycles. The Balaban J connectivity index is 2.21. The summed E-state index contributed by atoms with van der Waals surface area (Å²) in [5.41, 5.74) is 3.94. The summed E-state index contributed by atoms with van der Waals surface area (Å²) in [4.78, 5) is 0. The minimum Gasteiger partial charge on any atom is -0.207 e. The summed E-state index contributed by atoms with van der Waals surface area (Å²) in [6.45, 7) is 3.99. The first-order chi connectivity index (χ1) is 8.56. The molecule has 0 fully saturated rings. The first kappa shape index (κ1) is 13.1. The maximum absolute atomic E-state index is 13.7. The number of benzene rings is 2. The van der Waals surface area contributed by atoms with E-state index in [0.29, 0.717) is 12.0 Å². The van der Waals surface area contributed by atoms with Crippen LogP contribution in [0.2, 0.25) is 0 Å². The number of halogens is 2. The Hall–Kier alpha value is -1.34. The minimum atomic E-state index is -0.327. The maximum atomic E-state index is 13.7. The number of alkyl halides is 1. The van der Waals surface area contributed by atoms with Crippen molar-refractivity contribution < 1.29 is 4.39 Å². The highest BCUT2D eigenvalue weighted by Crippen LogP contribution is 2.28. The molecule has 0 bridgehead atoms. The van der Waals surface area contributed by atoms with Crippen LogP contribution in [0.15, 0.2) is 42.5 Å². The Labute approximate surface area is 112 Å². The van der Waals surface area contributed by atoms with Gasteiger partial charge in [0.25, 0.3) is 0 Å². The van der Waals surface area contributed by atoms with E-state index in [1.54, 1.807) is 6.07 Å². The van der Waals surface area contributed by atoms with Crippen molar-refractivity contribution in [3.63, 3.8) is 0 Å². The van der Waals surface area contributed by atoms with Crippen LogP contribution in [0.25, 0.3) is 0 Å². The average Bonchev–Trinajstić information content (AvgIpc) is 2.32. The molecule has 0 saturated carbocycles. The molecule has 0 amide bonds. The molecular weight excluding hydrogens is 247 g/mol. The van der Waals surface area contributed by atoms with Crippen molar-refractivity contribution >= 4 is 11.6 Å². The Kier molecular flexibility index (Phi) is 4.03. The molecule has 0 radical (unpaired) electrons. The molecule has 0 aliphatic rings. The smallest absolute Gasteiger partial charge is 0.127 e. The van der Waals surface area contributed by atoms with Crippen molar-refractivity contribution in [2.75, 3.05) is 0 Å². The summed E-state index contributed by atoms with van der Waals surface area (Å²) in [5.74, 6) is -0.228. The van der Waals surface area contributed by atoms with Gasteiger partial charge in [-0.3, -0.25) is 0 Å². The molecule has 1 unspecified atom stereocenters. The summed E-state index contributed by atoms with van der Waals surface area (Å²) >= 11 is 6.33. The quantitative estimate of drug-likeness (QED) is 0.686. The Morgan fingerprint density at radius 1 is 1.06 bits per heavy atom. The van der Waals surface area contributed by atoms with Crippen molar-refractivity contribution in [2.24, 2.45) is 0 Å². The zero-order valence-corrected chi connectivity index (χ0v) is 11.3. The number of rotatable bonds is 3. The van der Waals surface area contributed by atoms with Gasteiger partial charge in [0.15, 0.2) is 0 Å². The van der Waals surface area contributed by atoms with E-state index in [9.17, 15) is 4.39 Å². The lowest BCUT2D eigenvalue weighted by Gasteiger charge is -2.12. The molecule has 2 aromatic carbocycles. The van der Waals surface area contributed by atoms with E-state index in [1.165, 1.54) is 11.6 Å². The molecule has 2 rings (SSSR count). The minimum absolute atomic E-state index is 0.228. The predicted octanol–water partition coefficient (Wildman–Crippen LogP) is 4.97. The summed E-state index contributed by atoms with van der Waals surface area (Å²) in [5, 5.41) is -0.327. The lowest BCUT2D eigenvalue weighted by molar-refractivity contribution is 0.605. The average molecular weight is 263 g/mol. The Bertz CT molecular complexity index is 549. The first-order valence-electron chi connectivity index (χ1n) is 6.02. The van der Waals surface area contributed by atoms with Crippen LogP contribution in [-0.4, -0.2) is 0 Å². The van der Waals surface area contributed by atoms with Crippen LogP contribution in [0, 0.1) is 19.7 Å². The summed E-state index contributed by atoms with van der Waals surface area (Å²) in [6.07, 6.45) is 0.642. The van der Waals surface area contributed by atoms with E-state index in [2.05, 4.69) is 6.07 Å². The van der Waals surface area contributed by atoms with Crippen molar-refractivity contribution in [2.45, 2.75) is 25.6 Å². The molecule has 2 heteroatoms. The highest BCUT2D eigenvalue weighted by Gasteiger charge is 2.13. The summed E-state index contributed by atoms with van der Waals surface area (Å²) in [6, 6.07) is 13.2. The molecule has 0 aliphatic carbocycles. The van der Waals surface area contributed by atoms with Crippen molar-refractivity contribution in [3.8, 4) is 0 Å². The lowest BCUT2D eigenvalue weighted by atomic mass is 10.0. The van der Waals surface area contributed by atoms with Gasteiger partial charge in [0.2, 0.25) is 0 Å². The van der Waals surface area contributed by atoms with Crippen LogP contribution in [0.4, 0.5) is 4.39 Å². The largest absolute Gasteiger partial charge is 0.207 e. The van der Waals surface area contributed by atoms with Crippen LogP contribution in [0.5, 0.6) is 0 Å². The molecule has 0 nitrogen and oxygen atoms in total. The standard InChI is InChI=1S/C16H16ClF/c1-11-4-3-5-13(8-11)10-15(17)14-9-12(2)6-7-16(14)18/h3-9,15H,10H2,1-2H3. The van der Waals surface area contributed by atoms with Crippen molar-refractivity contribution in [3.05, 3.63) is 70.5 Å².